The summed E-state index contributed by atoms with van der Waals surface area (Å²) in [6.45, 7) is 0. The van der Waals surface area contributed by atoms with Crippen molar-refractivity contribution in [3.8, 4) is 0 Å². The first-order chi connectivity index (χ1) is 7.84. The molecule has 16 heavy (non-hydrogen) atoms. The molecule has 0 saturated heterocycles. The molecule has 1 aliphatic carbocycles. The van der Waals surface area contributed by atoms with Gasteiger partial charge in [0.2, 0.25) is 0 Å². The van der Waals surface area contributed by atoms with Gasteiger partial charge in [0, 0.05) is 23.9 Å². The molecule has 0 radical (unpaired) electrons. The van der Waals surface area contributed by atoms with Crippen LogP contribution in [0.4, 0.5) is 0 Å². The first-order valence-corrected chi connectivity index (χ1v) is 7.11. The van der Waals surface area contributed by atoms with Crippen molar-refractivity contribution in [3.63, 3.8) is 0 Å². The smallest absolute Gasteiger partial charge is 0.138 e. The van der Waals surface area contributed by atoms with Crippen LogP contribution >= 0.6 is 11.3 Å². The largest absolute Gasteiger partial charge is 0.299 e. The second-order valence-electron chi connectivity index (χ2n) is 4.73. The van der Waals surface area contributed by atoms with Gasteiger partial charge in [0.25, 0.3) is 0 Å². The Kier molecular flexibility index (Phi) is 4.52. The summed E-state index contributed by atoms with van der Waals surface area (Å²) in [4.78, 5) is 16.8. The highest BCUT2D eigenvalue weighted by molar-refractivity contribution is 7.09. The van der Waals surface area contributed by atoms with Gasteiger partial charge in [-0.3, -0.25) is 9.78 Å². The fourth-order valence-corrected chi connectivity index (χ4v) is 3.08. The maximum atomic E-state index is 11.7. The van der Waals surface area contributed by atoms with Gasteiger partial charge in [-0.15, -0.1) is 11.3 Å². The lowest BCUT2D eigenvalue weighted by Crippen LogP contribution is -2.09. The first kappa shape index (κ1) is 11.8. The Balaban J connectivity index is 1.67. The fraction of sp³-hybridized carbons (Fsp3) is 0.692. The van der Waals surface area contributed by atoms with Crippen LogP contribution in [-0.2, 0) is 11.2 Å². The molecule has 0 spiro atoms. The third-order valence-corrected chi connectivity index (χ3v) is 4.19. The number of hydrogen-bond acceptors (Lipinski definition) is 3. The molecule has 88 valence electrons. The number of ketones is 1. The number of carbonyl (C=O) groups excluding carboxylic acids is 1. The van der Waals surface area contributed by atoms with Crippen molar-refractivity contribution in [3.05, 3.63) is 16.6 Å². The molecule has 0 bridgehead atoms. The van der Waals surface area contributed by atoms with Crippen molar-refractivity contribution >= 4 is 17.1 Å². The van der Waals surface area contributed by atoms with Gasteiger partial charge in [0.05, 0.1) is 5.51 Å². The number of hydrogen-bond donors (Lipinski definition) is 0. The highest BCUT2D eigenvalue weighted by atomic mass is 32.1. The Morgan fingerprint density at radius 2 is 2.19 bits per heavy atom. The van der Waals surface area contributed by atoms with Gasteiger partial charge in [0.15, 0.2) is 0 Å². The van der Waals surface area contributed by atoms with Crippen LogP contribution in [0.1, 0.15) is 49.8 Å². The van der Waals surface area contributed by atoms with Gasteiger partial charge in [-0.25, -0.2) is 0 Å². The summed E-state index contributed by atoms with van der Waals surface area (Å²) in [7, 11) is 0. The van der Waals surface area contributed by atoms with E-state index in [0.29, 0.717) is 12.2 Å². The van der Waals surface area contributed by atoms with Crippen LogP contribution in [0, 0.1) is 5.92 Å². The molecule has 0 atom stereocenters. The summed E-state index contributed by atoms with van der Waals surface area (Å²) in [5, 5.41) is 0. The fourth-order valence-electron chi connectivity index (χ4n) is 2.45. The van der Waals surface area contributed by atoms with E-state index in [9.17, 15) is 4.79 Å². The van der Waals surface area contributed by atoms with Crippen molar-refractivity contribution in [2.75, 3.05) is 0 Å². The first-order valence-electron chi connectivity index (χ1n) is 6.23. The number of rotatable bonds is 5. The number of carbonyl (C=O) groups is 1. The van der Waals surface area contributed by atoms with Crippen molar-refractivity contribution in [1.82, 2.24) is 4.98 Å². The van der Waals surface area contributed by atoms with Gasteiger partial charge >= 0.3 is 0 Å². The number of nitrogens with zero attached hydrogens (tertiary/aromatic N) is 1. The molecule has 2 rings (SSSR count). The van der Waals surface area contributed by atoms with E-state index >= 15 is 0 Å². The van der Waals surface area contributed by atoms with Gasteiger partial charge in [-0.2, -0.15) is 0 Å². The number of aromatic nitrogens is 1. The average Bonchev–Trinajstić information content (AvgIpc) is 2.81. The summed E-state index contributed by atoms with van der Waals surface area (Å²) < 4.78 is 0. The van der Waals surface area contributed by atoms with E-state index in [1.807, 2.05) is 6.20 Å². The molecule has 0 N–H and O–H groups in total. The van der Waals surface area contributed by atoms with E-state index in [-0.39, 0.29) is 0 Å². The van der Waals surface area contributed by atoms with E-state index in [1.165, 1.54) is 32.1 Å². The third kappa shape index (κ3) is 3.71. The Bertz CT molecular complexity index is 315. The van der Waals surface area contributed by atoms with Crippen LogP contribution in [0.25, 0.3) is 0 Å². The zero-order valence-corrected chi connectivity index (χ0v) is 10.5. The van der Waals surface area contributed by atoms with Crippen LogP contribution < -0.4 is 0 Å². The van der Waals surface area contributed by atoms with E-state index in [1.54, 1.807) is 16.8 Å². The van der Waals surface area contributed by atoms with Crippen LogP contribution in [0.3, 0.4) is 0 Å². The van der Waals surface area contributed by atoms with Crippen molar-refractivity contribution in [2.45, 2.75) is 51.4 Å². The highest BCUT2D eigenvalue weighted by Gasteiger charge is 2.15. The molecule has 2 nitrogen and oxygen atoms in total. The zero-order chi connectivity index (χ0) is 11.2. The maximum Gasteiger partial charge on any atom is 0.138 e. The molecular formula is C13H19NOS. The van der Waals surface area contributed by atoms with Crippen LogP contribution in [-0.4, -0.2) is 10.8 Å². The van der Waals surface area contributed by atoms with E-state index in [4.69, 9.17) is 0 Å². The van der Waals surface area contributed by atoms with Crippen molar-refractivity contribution < 1.29 is 4.79 Å². The van der Waals surface area contributed by atoms with Gasteiger partial charge in [-0.05, 0) is 12.3 Å². The lowest BCUT2D eigenvalue weighted by Gasteiger charge is -2.20. The van der Waals surface area contributed by atoms with E-state index < -0.39 is 0 Å². The standard InChI is InChI=1S/C13H19NOS/c15-12(8-13-9-14-10-16-13)7-6-11-4-2-1-3-5-11/h9-11H,1-8H2. The Hall–Kier alpha value is -0.700. The van der Waals surface area contributed by atoms with Crippen LogP contribution in [0.5, 0.6) is 0 Å². The molecule has 1 fully saturated rings. The average molecular weight is 237 g/mol. The van der Waals surface area contributed by atoms with Gasteiger partial charge in [-0.1, -0.05) is 32.1 Å². The SMILES string of the molecule is O=C(CCC1CCCCC1)Cc1cncs1. The number of Topliss-reactive ketones (excluding diaryl/α,β-unsaturated/α-hetero) is 1. The summed E-state index contributed by atoms with van der Waals surface area (Å²) in [6.07, 6.45) is 11.1. The van der Waals surface area contributed by atoms with Crippen molar-refractivity contribution in [2.24, 2.45) is 5.92 Å². The Morgan fingerprint density at radius 3 is 2.88 bits per heavy atom. The van der Waals surface area contributed by atoms with E-state index in [0.717, 1.165) is 23.6 Å². The molecule has 0 aliphatic heterocycles. The lowest BCUT2D eigenvalue weighted by molar-refractivity contribution is -0.118. The zero-order valence-electron chi connectivity index (χ0n) is 9.65. The Labute approximate surface area is 101 Å². The molecular weight excluding hydrogens is 218 g/mol. The molecule has 1 aliphatic rings. The lowest BCUT2D eigenvalue weighted by atomic mass is 9.85. The quantitative estimate of drug-likeness (QED) is 0.783. The second-order valence-corrected chi connectivity index (χ2v) is 5.70. The van der Waals surface area contributed by atoms with Crippen LogP contribution in [0.15, 0.2) is 11.7 Å². The summed E-state index contributed by atoms with van der Waals surface area (Å²) in [6, 6.07) is 0. The van der Waals surface area contributed by atoms with Crippen molar-refractivity contribution in [1.29, 1.82) is 0 Å². The minimum Gasteiger partial charge on any atom is -0.299 e. The minimum absolute atomic E-state index is 0.384. The second kappa shape index (κ2) is 6.14. The summed E-state index contributed by atoms with van der Waals surface area (Å²) in [5.41, 5.74) is 1.80. The highest BCUT2D eigenvalue weighted by Crippen LogP contribution is 2.27. The monoisotopic (exact) mass is 237 g/mol. The van der Waals surface area contributed by atoms with Crippen LogP contribution in [0.2, 0.25) is 0 Å². The molecule has 0 amide bonds. The normalized spacial score (nSPS) is 17.5. The molecule has 3 heteroatoms. The van der Waals surface area contributed by atoms with E-state index in [2.05, 4.69) is 4.98 Å². The van der Waals surface area contributed by atoms with Gasteiger partial charge < -0.3 is 0 Å². The molecule has 1 aromatic rings. The molecule has 1 heterocycles. The predicted molar refractivity (Wildman–Crippen MR) is 66.6 cm³/mol. The predicted octanol–water partition coefficient (Wildman–Crippen LogP) is 3.62. The third-order valence-electron chi connectivity index (χ3n) is 3.41. The molecule has 0 aromatic carbocycles. The summed E-state index contributed by atoms with van der Waals surface area (Å²) >= 11 is 1.58. The number of thiazole rings is 1. The maximum absolute atomic E-state index is 11.7. The minimum atomic E-state index is 0.384. The molecule has 1 saturated carbocycles. The molecule has 1 aromatic heterocycles. The Morgan fingerprint density at radius 1 is 1.38 bits per heavy atom. The topological polar surface area (TPSA) is 30.0 Å². The summed E-state index contributed by atoms with van der Waals surface area (Å²) in [5.74, 6) is 1.20. The van der Waals surface area contributed by atoms with Gasteiger partial charge in [0.1, 0.15) is 5.78 Å². The molecule has 0 unspecified atom stereocenters.